The second-order valence-corrected chi connectivity index (χ2v) is 4.24. The summed E-state index contributed by atoms with van der Waals surface area (Å²) in [5, 5.41) is 2.99. The van der Waals surface area contributed by atoms with E-state index in [9.17, 15) is 0 Å². The van der Waals surface area contributed by atoms with Gasteiger partial charge in [-0.05, 0) is 31.7 Å². The third-order valence-corrected chi connectivity index (χ3v) is 3.26. The van der Waals surface area contributed by atoms with Crippen LogP contribution in [-0.2, 0) is 0 Å². The lowest BCUT2D eigenvalue weighted by Gasteiger charge is -2.36. The molecule has 1 aromatic rings. The highest BCUT2D eigenvalue weighted by molar-refractivity contribution is 5.43. The Morgan fingerprint density at radius 1 is 1.50 bits per heavy atom. The van der Waals surface area contributed by atoms with Crippen LogP contribution in [0.4, 0.5) is 11.8 Å². The molecule has 1 N–H and O–H groups in total. The molecule has 0 bridgehead atoms. The van der Waals surface area contributed by atoms with Crippen molar-refractivity contribution in [3.05, 3.63) is 12.3 Å². The first-order valence-electron chi connectivity index (χ1n) is 6.12. The normalized spacial score (nSPS) is 20.9. The van der Waals surface area contributed by atoms with Crippen LogP contribution in [0.1, 0.15) is 32.6 Å². The summed E-state index contributed by atoms with van der Waals surface area (Å²) in [6.07, 6.45) is 6.93. The smallest absolute Gasteiger partial charge is 0.224 e. The van der Waals surface area contributed by atoms with Crippen LogP contribution in [-0.4, -0.2) is 29.6 Å². The summed E-state index contributed by atoms with van der Waals surface area (Å²) >= 11 is 0. The highest BCUT2D eigenvalue weighted by Gasteiger charge is 2.21. The molecule has 2 heterocycles. The largest absolute Gasteiger partial charge is 0.357 e. The number of hydrogen-bond donors (Lipinski definition) is 1. The number of rotatable bonds is 3. The minimum atomic E-state index is 0.647. The van der Waals surface area contributed by atoms with Crippen molar-refractivity contribution in [2.75, 3.05) is 23.8 Å². The van der Waals surface area contributed by atoms with Crippen LogP contribution in [0.5, 0.6) is 0 Å². The van der Waals surface area contributed by atoms with Gasteiger partial charge in [-0.1, -0.05) is 6.92 Å². The molecule has 2 rings (SSSR count). The minimum absolute atomic E-state index is 0.647. The van der Waals surface area contributed by atoms with Crippen molar-refractivity contribution in [2.24, 2.45) is 0 Å². The van der Waals surface area contributed by atoms with Crippen molar-refractivity contribution in [1.29, 1.82) is 0 Å². The molecule has 0 amide bonds. The molecule has 1 aliphatic rings. The second-order valence-electron chi connectivity index (χ2n) is 4.24. The van der Waals surface area contributed by atoms with E-state index in [-0.39, 0.29) is 0 Å². The maximum atomic E-state index is 4.52. The second kappa shape index (κ2) is 5.14. The van der Waals surface area contributed by atoms with Gasteiger partial charge in [0.05, 0.1) is 0 Å². The molecule has 0 aliphatic carbocycles. The summed E-state index contributed by atoms with van der Waals surface area (Å²) in [6, 6.07) is 2.66. The molecule has 0 saturated carbocycles. The van der Waals surface area contributed by atoms with Crippen LogP contribution in [0.25, 0.3) is 0 Å². The lowest BCUT2D eigenvalue weighted by Crippen LogP contribution is -2.39. The van der Waals surface area contributed by atoms with Crippen molar-refractivity contribution in [1.82, 2.24) is 9.97 Å². The van der Waals surface area contributed by atoms with Crippen molar-refractivity contribution >= 4 is 11.8 Å². The van der Waals surface area contributed by atoms with Gasteiger partial charge in [0, 0.05) is 25.8 Å². The predicted octanol–water partition coefficient (Wildman–Crippen LogP) is 2.29. The molecule has 1 atom stereocenters. The van der Waals surface area contributed by atoms with Crippen LogP contribution in [0, 0.1) is 0 Å². The van der Waals surface area contributed by atoms with Gasteiger partial charge in [-0.2, -0.15) is 4.98 Å². The van der Waals surface area contributed by atoms with Crippen molar-refractivity contribution in [2.45, 2.75) is 38.6 Å². The number of piperidine rings is 1. The molecule has 4 heteroatoms. The summed E-state index contributed by atoms with van der Waals surface area (Å²) in [5.41, 5.74) is 0. The van der Waals surface area contributed by atoms with Crippen molar-refractivity contribution in [3.8, 4) is 0 Å². The van der Waals surface area contributed by atoms with Gasteiger partial charge < -0.3 is 10.2 Å². The molecule has 1 unspecified atom stereocenters. The Morgan fingerprint density at radius 3 is 3.12 bits per heavy atom. The van der Waals surface area contributed by atoms with Gasteiger partial charge in [0.1, 0.15) is 5.82 Å². The molecule has 1 fully saturated rings. The minimum Gasteiger partial charge on any atom is -0.357 e. The third kappa shape index (κ3) is 2.26. The van der Waals surface area contributed by atoms with E-state index in [0.717, 1.165) is 12.4 Å². The average molecular weight is 220 g/mol. The highest BCUT2D eigenvalue weighted by atomic mass is 15.2. The number of aromatic nitrogens is 2. The zero-order valence-corrected chi connectivity index (χ0v) is 10.1. The molecule has 0 spiro atoms. The third-order valence-electron chi connectivity index (χ3n) is 3.26. The van der Waals surface area contributed by atoms with Crippen LogP contribution < -0.4 is 10.2 Å². The lowest BCUT2D eigenvalue weighted by molar-refractivity contribution is 0.447. The van der Waals surface area contributed by atoms with Crippen molar-refractivity contribution in [3.63, 3.8) is 0 Å². The van der Waals surface area contributed by atoms with Gasteiger partial charge in [-0.25, -0.2) is 4.98 Å². The first kappa shape index (κ1) is 11.2. The van der Waals surface area contributed by atoms with E-state index >= 15 is 0 Å². The van der Waals surface area contributed by atoms with Gasteiger partial charge in [-0.3, -0.25) is 0 Å². The summed E-state index contributed by atoms with van der Waals surface area (Å²) < 4.78 is 0. The number of anilines is 2. The van der Waals surface area contributed by atoms with E-state index in [2.05, 4.69) is 27.1 Å². The van der Waals surface area contributed by atoms with Gasteiger partial charge >= 0.3 is 0 Å². The highest BCUT2D eigenvalue weighted by Crippen LogP contribution is 2.25. The summed E-state index contributed by atoms with van der Waals surface area (Å²) in [5.74, 6) is 1.77. The first-order valence-corrected chi connectivity index (χ1v) is 6.12. The molecule has 1 aromatic heterocycles. The zero-order valence-electron chi connectivity index (χ0n) is 10.1. The Hall–Kier alpha value is -1.32. The molecular weight excluding hydrogens is 200 g/mol. The standard InChI is InChI=1S/C12H20N4/c1-3-10-6-4-5-9-16(10)11-7-8-14-12(13-2)15-11/h7-8,10H,3-6,9H2,1-2H3,(H,13,14,15). The topological polar surface area (TPSA) is 41.1 Å². The van der Waals surface area contributed by atoms with Crippen LogP contribution in [0.3, 0.4) is 0 Å². The van der Waals surface area contributed by atoms with Gasteiger partial charge in [0.2, 0.25) is 5.95 Å². The Morgan fingerprint density at radius 2 is 2.38 bits per heavy atom. The zero-order chi connectivity index (χ0) is 11.4. The molecule has 16 heavy (non-hydrogen) atoms. The monoisotopic (exact) mass is 220 g/mol. The number of nitrogens with zero attached hydrogens (tertiary/aromatic N) is 3. The van der Waals surface area contributed by atoms with Crippen molar-refractivity contribution < 1.29 is 0 Å². The number of nitrogens with one attached hydrogen (secondary N) is 1. The Labute approximate surface area is 97.1 Å². The van der Waals surface area contributed by atoms with E-state index in [0.29, 0.717) is 12.0 Å². The molecule has 0 radical (unpaired) electrons. The van der Waals surface area contributed by atoms with E-state index in [4.69, 9.17) is 0 Å². The Balaban J connectivity index is 2.20. The molecule has 88 valence electrons. The van der Waals surface area contributed by atoms with E-state index < -0.39 is 0 Å². The van der Waals surface area contributed by atoms with E-state index in [1.807, 2.05) is 19.3 Å². The maximum absolute atomic E-state index is 4.52. The first-order chi connectivity index (χ1) is 7.85. The molecule has 1 saturated heterocycles. The quantitative estimate of drug-likeness (QED) is 0.848. The summed E-state index contributed by atoms with van der Waals surface area (Å²) in [6.45, 7) is 3.38. The van der Waals surface area contributed by atoms with E-state index in [1.165, 1.54) is 25.7 Å². The fraction of sp³-hybridized carbons (Fsp3) is 0.667. The fourth-order valence-corrected chi connectivity index (χ4v) is 2.36. The SMILES string of the molecule is CCC1CCCCN1c1ccnc(NC)n1. The number of hydrogen-bond acceptors (Lipinski definition) is 4. The van der Waals surface area contributed by atoms with Crippen LogP contribution in [0.15, 0.2) is 12.3 Å². The average Bonchev–Trinajstić information content (AvgIpc) is 2.38. The van der Waals surface area contributed by atoms with Crippen LogP contribution in [0.2, 0.25) is 0 Å². The Kier molecular flexibility index (Phi) is 3.59. The fourth-order valence-electron chi connectivity index (χ4n) is 2.36. The van der Waals surface area contributed by atoms with Gasteiger partial charge in [0.25, 0.3) is 0 Å². The molecule has 0 aromatic carbocycles. The predicted molar refractivity (Wildman–Crippen MR) is 66.9 cm³/mol. The van der Waals surface area contributed by atoms with E-state index in [1.54, 1.807) is 0 Å². The molecule has 1 aliphatic heterocycles. The summed E-state index contributed by atoms with van der Waals surface area (Å²) in [7, 11) is 1.85. The lowest BCUT2D eigenvalue weighted by atomic mass is 10.0. The van der Waals surface area contributed by atoms with Gasteiger partial charge in [-0.15, -0.1) is 0 Å². The summed E-state index contributed by atoms with van der Waals surface area (Å²) in [4.78, 5) is 11.1. The Bertz CT molecular complexity index is 340. The van der Waals surface area contributed by atoms with Gasteiger partial charge in [0.15, 0.2) is 0 Å². The molecular formula is C12H20N4. The van der Waals surface area contributed by atoms with Crippen LogP contribution >= 0.6 is 0 Å². The maximum Gasteiger partial charge on any atom is 0.224 e. The molecule has 4 nitrogen and oxygen atoms in total.